The molecule has 2 radical (unpaired) electrons. The fourth-order valence-corrected chi connectivity index (χ4v) is 0.0577. The molecule has 7 heavy (non-hydrogen) atoms. The average Bonchev–Trinajstić information content (AvgIpc) is 1.65. The molecule has 0 aliphatic heterocycles. The average molecular weight is 171 g/mol. The summed E-state index contributed by atoms with van der Waals surface area (Å²) in [7, 11) is 0. The van der Waals surface area contributed by atoms with Crippen molar-refractivity contribution in [2.45, 2.75) is 6.10 Å². The van der Waals surface area contributed by atoms with Gasteiger partial charge in [0.1, 0.15) is 6.10 Å². The molecule has 0 atom stereocenters. The molecule has 0 fully saturated rings. The first-order chi connectivity index (χ1) is 2.81. The number of aliphatic hydroxyl groups is 3. The van der Waals surface area contributed by atoms with Gasteiger partial charge in [0, 0.05) is 17.1 Å². The standard InChI is InChI=1S/C3H8O3.Se/c4-1-3(6)2-5;/h3-6H,1-2H2;. The molecule has 0 heterocycles. The molecule has 0 rings (SSSR count). The van der Waals surface area contributed by atoms with Crippen LogP contribution in [0.15, 0.2) is 0 Å². The zero-order valence-corrected chi connectivity index (χ0v) is 5.45. The van der Waals surface area contributed by atoms with E-state index < -0.39 is 6.10 Å². The van der Waals surface area contributed by atoms with Gasteiger partial charge in [0.15, 0.2) is 0 Å². The molecule has 0 aliphatic rings. The Morgan fingerprint density at radius 1 is 1.14 bits per heavy atom. The van der Waals surface area contributed by atoms with Crippen LogP contribution in [-0.4, -0.2) is 51.7 Å². The Hall–Kier alpha value is 0.399. The van der Waals surface area contributed by atoms with Crippen molar-refractivity contribution in [3.05, 3.63) is 0 Å². The summed E-state index contributed by atoms with van der Waals surface area (Å²) < 4.78 is 0. The Kier molecular flexibility index (Phi) is 9.50. The van der Waals surface area contributed by atoms with Crippen molar-refractivity contribution in [1.29, 1.82) is 0 Å². The molecule has 44 valence electrons. The van der Waals surface area contributed by atoms with E-state index in [1.54, 1.807) is 0 Å². The second kappa shape index (κ2) is 6.40. The van der Waals surface area contributed by atoms with Gasteiger partial charge in [0.05, 0.1) is 13.2 Å². The van der Waals surface area contributed by atoms with Crippen molar-refractivity contribution in [2.24, 2.45) is 0 Å². The normalized spacial score (nSPS) is 8.57. The van der Waals surface area contributed by atoms with Crippen molar-refractivity contribution < 1.29 is 15.3 Å². The van der Waals surface area contributed by atoms with E-state index in [4.69, 9.17) is 15.3 Å². The van der Waals surface area contributed by atoms with Gasteiger partial charge < -0.3 is 15.3 Å². The number of aliphatic hydroxyl groups excluding tert-OH is 3. The third-order valence-corrected chi connectivity index (χ3v) is 0.421. The molecule has 0 aromatic carbocycles. The van der Waals surface area contributed by atoms with E-state index in [1.165, 1.54) is 0 Å². The molecular formula is C3H8O3Se. The molecule has 0 spiro atoms. The van der Waals surface area contributed by atoms with Crippen molar-refractivity contribution in [3.63, 3.8) is 0 Å². The maximum absolute atomic E-state index is 8.17. The Labute approximate surface area is 52.4 Å². The predicted molar refractivity (Wildman–Crippen MR) is 25.9 cm³/mol. The van der Waals surface area contributed by atoms with Crippen LogP contribution in [0.25, 0.3) is 0 Å². The number of hydrogen-bond donors (Lipinski definition) is 3. The molecule has 4 heteroatoms. The van der Waals surface area contributed by atoms with Crippen LogP contribution in [0, 0.1) is 0 Å². The summed E-state index contributed by atoms with van der Waals surface area (Å²) in [5, 5.41) is 24.0. The van der Waals surface area contributed by atoms with Crippen LogP contribution in [0.1, 0.15) is 0 Å². The summed E-state index contributed by atoms with van der Waals surface area (Å²) in [6, 6.07) is 0. The van der Waals surface area contributed by atoms with Gasteiger partial charge in [-0.3, -0.25) is 0 Å². The molecular weight excluding hydrogens is 163 g/mol. The molecule has 3 nitrogen and oxygen atoms in total. The summed E-state index contributed by atoms with van der Waals surface area (Å²) in [5.74, 6) is 0. The minimum Gasteiger partial charge on any atom is -0.394 e. The van der Waals surface area contributed by atoms with Crippen molar-refractivity contribution >= 4 is 17.1 Å². The van der Waals surface area contributed by atoms with Crippen LogP contribution >= 0.6 is 0 Å². The zero-order chi connectivity index (χ0) is 4.99. The van der Waals surface area contributed by atoms with E-state index in [2.05, 4.69) is 0 Å². The molecule has 0 unspecified atom stereocenters. The Bertz CT molecular complexity index is 29.4. The van der Waals surface area contributed by atoms with Gasteiger partial charge in [-0.1, -0.05) is 0 Å². The molecule has 0 saturated carbocycles. The maximum atomic E-state index is 8.17. The topological polar surface area (TPSA) is 60.7 Å². The SMILES string of the molecule is OCC(O)CO.[Se]. The molecule has 0 amide bonds. The van der Waals surface area contributed by atoms with Gasteiger partial charge in [-0.05, 0) is 0 Å². The molecule has 0 bridgehead atoms. The smallest absolute Gasteiger partial charge is 0.100 e. The van der Waals surface area contributed by atoms with Crippen LogP contribution in [0.5, 0.6) is 0 Å². The van der Waals surface area contributed by atoms with Gasteiger partial charge in [0.2, 0.25) is 0 Å². The fraction of sp³-hybridized carbons (Fsp3) is 1.00. The van der Waals surface area contributed by atoms with Crippen molar-refractivity contribution in [3.8, 4) is 0 Å². The minimum absolute atomic E-state index is 0. The Morgan fingerprint density at radius 3 is 1.43 bits per heavy atom. The summed E-state index contributed by atoms with van der Waals surface area (Å²) in [4.78, 5) is 0. The van der Waals surface area contributed by atoms with Gasteiger partial charge >= 0.3 is 0 Å². The third kappa shape index (κ3) is 6.40. The molecule has 3 N–H and O–H groups in total. The van der Waals surface area contributed by atoms with Gasteiger partial charge in [-0.15, -0.1) is 0 Å². The van der Waals surface area contributed by atoms with E-state index in [0.29, 0.717) is 0 Å². The summed E-state index contributed by atoms with van der Waals surface area (Å²) in [5.41, 5.74) is 0. The van der Waals surface area contributed by atoms with E-state index in [1.807, 2.05) is 0 Å². The Morgan fingerprint density at radius 2 is 1.43 bits per heavy atom. The minimum atomic E-state index is -0.954. The third-order valence-electron chi connectivity index (χ3n) is 0.421. The van der Waals surface area contributed by atoms with E-state index >= 15 is 0 Å². The fourth-order valence-electron chi connectivity index (χ4n) is 0.0577. The monoisotopic (exact) mass is 172 g/mol. The number of hydrogen-bond acceptors (Lipinski definition) is 3. The Balaban J connectivity index is 0. The van der Waals surface area contributed by atoms with Gasteiger partial charge in [-0.25, -0.2) is 0 Å². The first-order valence-corrected chi connectivity index (χ1v) is 1.71. The summed E-state index contributed by atoms with van der Waals surface area (Å²) >= 11 is 0. The second-order valence-electron chi connectivity index (χ2n) is 1.02. The second-order valence-corrected chi connectivity index (χ2v) is 1.02. The summed E-state index contributed by atoms with van der Waals surface area (Å²) in [6.45, 7) is -0.729. The van der Waals surface area contributed by atoms with Crippen molar-refractivity contribution in [1.82, 2.24) is 0 Å². The molecule has 0 saturated heterocycles. The van der Waals surface area contributed by atoms with Crippen LogP contribution in [0.4, 0.5) is 0 Å². The molecule has 0 aliphatic carbocycles. The van der Waals surface area contributed by atoms with Crippen LogP contribution < -0.4 is 0 Å². The largest absolute Gasteiger partial charge is 0.394 e. The maximum Gasteiger partial charge on any atom is 0.100 e. The van der Waals surface area contributed by atoms with E-state index in [9.17, 15) is 0 Å². The van der Waals surface area contributed by atoms with Crippen molar-refractivity contribution in [2.75, 3.05) is 13.2 Å². The van der Waals surface area contributed by atoms with E-state index in [0.717, 1.165) is 0 Å². The first-order valence-electron chi connectivity index (χ1n) is 1.71. The van der Waals surface area contributed by atoms with Crippen LogP contribution in [-0.2, 0) is 0 Å². The quantitative estimate of drug-likeness (QED) is 0.419. The molecule has 0 aromatic rings. The number of rotatable bonds is 2. The first kappa shape index (κ1) is 10.4. The summed E-state index contributed by atoms with van der Waals surface area (Å²) in [6.07, 6.45) is -0.954. The molecule has 0 aromatic heterocycles. The van der Waals surface area contributed by atoms with Gasteiger partial charge in [-0.2, -0.15) is 0 Å². The van der Waals surface area contributed by atoms with E-state index in [-0.39, 0.29) is 30.3 Å². The van der Waals surface area contributed by atoms with Gasteiger partial charge in [0.25, 0.3) is 0 Å². The van der Waals surface area contributed by atoms with Crippen LogP contribution in [0.2, 0.25) is 0 Å². The zero-order valence-electron chi connectivity index (χ0n) is 3.74. The predicted octanol–water partition coefficient (Wildman–Crippen LogP) is -2.05. The van der Waals surface area contributed by atoms with Crippen LogP contribution in [0.3, 0.4) is 0 Å².